The van der Waals surface area contributed by atoms with Gasteiger partial charge in [0, 0.05) is 30.1 Å². The molecule has 1 unspecified atom stereocenters. The molecule has 10 heteroatoms. The first-order valence-electron chi connectivity index (χ1n) is 8.82. The lowest BCUT2D eigenvalue weighted by molar-refractivity contribution is 0.397. The molecular weight excluding hydrogens is 420 g/mol. The van der Waals surface area contributed by atoms with E-state index in [0.717, 1.165) is 28.0 Å². The number of aromatic nitrogens is 4. The number of benzene rings is 1. The van der Waals surface area contributed by atoms with Crippen LogP contribution in [0.3, 0.4) is 0 Å². The van der Waals surface area contributed by atoms with Crippen LogP contribution in [-0.2, 0) is 29.1 Å². The maximum absolute atomic E-state index is 11.6. The van der Waals surface area contributed by atoms with Crippen LogP contribution in [-0.4, -0.2) is 39.8 Å². The molecule has 0 N–H and O–H groups in total. The van der Waals surface area contributed by atoms with E-state index in [1.807, 2.05) is 41.9 Å². The third kappa shape index (κ3) is 4.42. The lowest BCUT2D eigenvalue weighted by Gasteiger charge is -2.07. The van der Waals surface area contributed by atoms with Crippen LogP contribution in [0.5, 0.6) is 0 Å². The van der Waals surface area contributed by atoms with E-state index < -0.39 is 9.84 Å². The highest BCUT2D eigenvalue weighted by Crippen LogP contribution is 2.27. The molecule has 3 heterocycles. The van der Waals surface area contributed by atoms with Crippen LogP contribution in [0, 0.1) is 5.92 Å². The van der Waals surface area contributed by atoms with E-state index in [9.17, 15) is 8.42 Å². The van der Waals surface area contributed by atoms with E-state index in [2.05, 4.69) is 15.4 Å². The van der Waals surface area contributed by atoms with Crippen LogP contribution in [0.15, 0.2) is 40.0 Å². The third-order valence-electron chi connectivity index (χ3n) is 4.77. The van der Waals surface area contributed by atoms with E-state index in [1.165, 1.54) is 11.8 Å². The molecule has 148 valence electrons. The minimum absolute atomic E-state index is 0.127. The quantitative estimate of drug-likeness (QED) is 0.544. The summed E-state index contributed by atoms with van der Waals surface area (Å²) >= 11 is 7.42. The zero-order valence-electron chi connectivity index (χ0n) is 15.2. The Morgan fingerprint density at radius 2 is 2.07 bits per heavy atom. The number of nitrogens with zero attached hydrogens (tertiary/aromatic N) is 4. The van der Waals surface area contributed by atoms with Crippen LogP contribution >= 0.6 is 23.4 Å². The van der Waals surface area contributed by atoms with Gasteiger partial charge in [-0.05, 0) is 24.5 Å². The van der Waals surface area contributed by atoms with E-state index in [4.69, 9.17) is 16.1 Å². The average Bonchev–Trinajstić information content (AvgIpc) is 3.35. The lowest BCUT2D eigenvalue weighted by atomic mass is 10.1. The van der Waals surface area contributed by atoms with Crippen molar-refractivity contribution in [3.63, 3.8) is 0 Å². The number of rotatable bonds is 6. The summed E-state index contributed by atoms with van der Waals surface area (Å²) < 4.78 is 30.6. The van der Waals surface area contributed by atoms with E-state index in [0.29, 0.717) is 23.6 Å². The normalized spacial score (nSPS) is 18.6. The monoisotopic (exact) mass is 438 g/mol. The Kier molecular flexibility index (Phi) is 5.48. The van der Waals surface area contributed by atoms with Crippen molar-refractivity contribution in [2.24, 2.45) is 13.0 Å². The molecule has 1 fully saturated rings. The van der Waals surface area contributed by atoms with Crippen molar-refractivity contribution in [2.45, 2.75) is 23.8 Å². The van der Waals surface area contributed by atoms with Gasteiger partial charge in [-0.2, -0.15) is 0 Å². The SMILES string of the molecule is Cn1c(CC2CCS(=O)(=O)C2)nnc1SCc1cc(-c2ccc(Cl)cc2)no1. The maximum atomic E-state index is 11.6. The van der Waals surface area contributed by atoms with Crippen LogP contribution in [0.2, 0.25) is 5.02 Å². The van der Waals surface area contributed by atoms with Gasteiger partial charge in [-0.1, -0.05) is 40.7 Å². The minimum atomic E-state index is -2.88. The first-order chi connectivity index (χ1) is 13.4. The molecular formula is C18H19ClN4O3S2. The smallest absolute Gasteiger partial charge is 0.191 e. The first-order valence-corrected chi connectivity index (χ1v) is 12.0. The second-order valence-electron chi connectivity index (χ2n) is 6.91. The summed E-state index contributed by atoms with van der Waals surface area (Å²) in [5.41, 5.74) is 1.70. The van der Waals surface area contributed by atoms with Gasteiger partial charge in [-0.25, -0.2) is 8.42 Å². The molecule has 3 aromatic rings. The predicted octanol–water partition coefficient (Wildman–Crippen LogP) is 3.39. The summed E-state index contributed by atoms with van der Waals surface area (Å²) in [5.74, 6) is 2.77. The van der Waals surface area contributed by atoms with Gasteiger partial charge in [0.15, 0.2) is 15.0 Å². The molecule has 0 radical (unpaired) electrons. The number of sulfone groups is 1. The summed E-state index contributed by atoms with van der Waals surface area (Å²) in [4.78, 5) is 0. The van der Waals surface area contributed by atoms with Crippen LogP contribution in [0.1, 0.15) is 18.0 Å². The van der Waals surface area contributed by atoms with E-state index in [-0.39, 0.29) is 17.4 Å². The van der Waals surface area contributed by atoms with Gasteiger partial charge >= 0.3 is 0 Å². The van der Waals surface area contributed by atoms with E-state index in [1.54, 1.807) is 0 Å². The van der Waals surface area contributed by atoms with Crippen molar-refractivity contribution < 1.29 is 12.9 Å². The van der Waals surface area contributed by atoms with Crippen LogP contribution in [0.4, 0.5) is 0 Å². The topological polar surface area (TPSA) is 90.9 Å². The molecule has 1 saturated heterocycles. The Morgan fingerprint density at radius 1 is 1.29 bits per heavy atom. The molecule has 0 spiro atoms. The van der Waals surface area contributed by atoms with E-state index >= 15 is 0 Å². The fraction of sp³-hybridized carbons (Fsp3) is 0.389. The number of hydrogen-bond acceptors (Lipinski definition) is 7. The largest absolute Gasteiger partial charge is 0.360 e. The molecule has 0 saturated carbocycles. The molecule has 0 aliphatic carbocycles. The van der Waals surface area contributed by atoms with Gasteiger partial charge in [-0.3, -0.25) is 0 Å². The zero-order chi connectivity index (χ0) is 19.7. The molecule has 2 aromatic heterocycles. The highest BCUT2D eigenvalue weighted by atomic mass is 35.5. The van der Waals surface area contributed by atoms with Crippen molar-refractivity contribution in [1.29, 1.82) is 0 Å². The number of thioether (sulfide) groups is 1. The molecule has 1 atom stereocenters. The molecule has 0 bridgehead atoms. The van der Waals surface area contributed by atoms with Gasteiger partial charge in [0.25, 0.3) is 0 Å². The number of halogens is 1. The highest BCUT2D eigenvalue weighted by Gasteiger charge is 2.29. The fourth-order valence-electron chi connectivity index (χ4n) is 3.21. The predicted molar refractivity (Wildman–Crippen MR) is 108 cm³/mol. The molecule has 1 aromatic carbocycles. The standard InChI is InChI=1S/C18H19ClN4O3S2/c1-23-17(8-12-6-7-28(24,25)11-12)20-21-18(23)27-10-15-9-16(22-26-15)13-2-4-14(19)5-3-13/h2-5,9,12H,6-8,10-11H2,1H3. The van der Waals surface area contributed by atoms with Crippen LogP contribution < -0.4 is 0 Å². The molecule has 1 aliphatic heterocycles. The third-order valence-corrected chi connectivity index (χ3v) is 7.90. The van der Waals surface area contributed by atoms with Crippen molar-refractivity contribution in [3.05, 3.63) is 46.9 Å². The highest BCUT2D eigenvalue weighted by molar-refractivity contribution is 7.98. The Balaban J connectivity index is 1.38. The molecule has 28 heavy (non-hydrogen) atoms. The molecule has 7 nitrogen and oxygen atoms in total. The Bertz CT molecular complexity index is 1080. The van der Waals surface area contributed by atoms with Crippen molar-refractivity contribution >= 4 is 33.2 Å². The second-order valence-corrected chi connectivity index (χ2v) is 10.5. The summed E-state index contributed by atoms with van der Waals surface area (Å²) in [7, 11) is -0.977. The Morgan fingerprint density at radius 3 is 2.79 bits per heavy atom. The fourth-order valence-corrected chi connectivity index (χ4v) is 6.01. The molecule has 4 rings (SSSR count). The van der Waals surface area contributed by atoms with Gasteiger partial charge < -0.3 is 9.09 Å². The zero-order valence-corrected chi connectivity index (χ0v) is 17.6. The van der Waals surface area contributed by atoms with Gasteiger partial charge in [0.05, 0.1) is 17.3 Å². The lowest BCUT2D eigenvalue weighted by Crippen LogP contribution is -2.11. The van der Waals surface area contributed by atoms with Crippen molar-refractivity contribution in [3.8, 4) is 11.3 Å². The Hall–Kier alpha value is -1.84. The Labute approximate surface area is 172 Å². The molecule has 0 amide bonds. The number of hydrogen-bond donors (Lipinski definition) is 0. The van der Waals surface area contributed by atoms with Crippen LogP contribution in [0.25, 0.3) is 11.3 Å². The van der Waals surface area contributed by atoms with Gasteiger partial charge in [0.2, 0.25) is 0 Å². The maximum Gasteiger partial charge on any atom is 0.191 e. The first kappa shape index (κ1) is 19.5. The minimum Gasteiger partial charge on any atom is -0.360 e. The summed E-state index contributed by atoms with van der Waals surface area (Å²) in [6.07, 6.45) is 1.33. The molecule has 1 aliphatic rings. The van der Waals surface area contributed by atoms with Crippen molar-refractivity contribution in [1.82, 2.24) is 19.9 Å². The second kappa shape index (κ2) is 7.88. The average molecular weight is 439 g/mol. The summed E-state index contributed by atoms with van der Waals surface area (Å²) in [6, 6.07) is 9.33. The van der Waals surface area contributed by atoms with Gasteiger partial charge in [0.1, 0.15) is 17.3 Å². The van der Waals surface area contributed by atoms with Crippen molar-refractivity contribution in [2.75, 3.05) is 11.5 Å². The summed E-state index contributed by atoms with van der Waals surface area (Å²) in [6.45, 7) is 0. The van der Waals surface area contributed by atoms with Gasteiger partial charge in [-0.15, -0.1) is 10.2 Å². The summed E-state index contributed by atoms with van der Waals surface area (Å²) in [5, 5.41) is 14.0.